The average Bonchev–Trinajstić information content (AvgIpc) is 3.27. The number of ketones is 1. The lowest BCUT2D eigenvalue weighted by Gasteiger charge is -2.34. The number of ether oxygens (including phenoxy) is 3. The van der Waals surface area contributed by atoms with Crippen LogP contribution in [-0.2, 0) is 0 Å². The molecule has 3 aromatic rings. The second-order valence-electron chi connectivity index (χ2n) is 9.02. The lowest BCUT2D eigenvalue weighted by Crippen LogP contribution is -2.37. The molecule has 184 valence electrons. The first-order valence-corrected chi connectivity index (χ1v) is 11.8. The summed E-state index contributed by atoms with van der Waals surface area (Å²) in [6, 6.07) is 23.2. The maximum atomic E-state index is 14.3. The Kier molecular flexibility index (Phi) is 6.07. The number of benzene rings is 3. The summed E-state index contributed by atoms with van der Waals surface area (Å²) in [7, 11) is 4.62. The molecular weight excluding hydrogens is 466 g/mol. The fraction of sp³-hybridized carbons (Fsp3) is 0.233. The lowest BCUT2D eigenvalue weighted by molar-refractivity contribution is 0.0874. The number of methoxy groups -OCH3 is 3. The quantitative estimate of drug-likeness (QED) is 0.442. The predicted molar refractivity (Wildman–Crippen MR) is 137 cm³/mol. The van der Waals surface area contributed by atoms with E-state index in [4.69, 9.17) is 14.2 Å². The summed E-state index contributed by atoms with van der Waals surface area (Å²) in [5.41, 5.74) is 1.34. The molecule has 3 unspecified atom stereocenters. The zero-order chi connectivity index (χ0) is 26.2. The Morgan fingerprint density at radius 1 is 0.892 bits per heavy atom. The third-order valence-corrected chi connectivity index (χ3v) is 7.36. The van der Waals surface area contributed by atoms with Crippen LogP contribution in [0.25, 0.3) is 6.08 Å². The standard InChI is InChI=1S/C30H25N3O4/c1-35-22-11-8-20(9-12-22)26-27(28(34)21-10-13-24(36-2)25(16-21)37-3)33-15-14-19-6-4-5-7-23(19)29(33)30(26,17-31)18-32/h4-16,26-27,29H,1-3H3. The number of hydrogen-bond donors (Lipinski definition) is 0. The Morgan fingerprint density at radius 3 is 2.24 bits per heavy atom. The Morgan fingerprint density at radius 2 is 1.59 bits per heavy atom. The molecule has 5 rings (SSSR count). The molecule has 3 aromatic carbocycles. The van der Waals surface area contributed by atoms with E-state index in [-0.39, 0.29) is 5.78 Å². The molecule has 0 bridgehead atoms. The molecule has 37 heavy (non-hydrogen) atoms. The summed E-state index contributed by atoms with van der Waals surface area (Å²) in [5.74, 6) is 0.616. The number of Topliss-reactive ketones (excluding diaryl/α,β-unsaturated/α-hetero) is 1. The van der Waals surface area contributed by atoms with E-state index in [2.05, 4.69) is 12.1 Å². The van der Waals surface area contributed by atoms with Gasteiger partial charge in [0.25, 0.3) is 0 Å². The highest BCUT2D eigenvalue weighted by molar-refractivity contribution is 6.02. The van der Waals surface area contributed by atoms with Gasteiger partial charge in [-0.15, -0.1) is 0 Å². The van der Waals surface area contributed by atoms with Crippen LogP contribution < -0.4 is 14.2 Å². The van der Waals surface area contributed by atoms with E-state index in [0.717, 1.165) is 11.1 Å². The number of nitriles is 2. The van der Waals surface area contributed by atoms with Gasteiger partial charge in [-0.1, -0.05) is 36.4 Å². The second kappa shape index (κ2) is 9.37. The summed E-state index contributed by atoms with van der Waals surface area (Å²) in [4.78, 5) is 16.2. The van der Waals surface area contributed by atoms with Crippen molar-refractivity contribution in [2.24, 2.45) is 5.41 Å². The highest BCUT2D eigenvalue weighted by atomic mass is 16.5. The summed E-state index contributed by atoms with van der Waals surface area (Å²) in [6.45, 7) is 0. The van der Waals surface area contributed by atoms with E-state index in [1.165, 1.54) is 14.2 Å². The highest BCUT2D eigenvalue weighted by Gasteiger charge is 2.63. The molecule has 7 heteroatoms. The number of carbonyl (C=O) groups is 1. The normalized spacial score (nSPS) is 20.7. The van der Waals surface area contributed by atoms with E-state index in [1.54, 1.807) is 37.4 Å². The molecule has 0 aliphatic carbocycles. The molecule has 0 aromatic heterocycles. The van der Waals surface area contributed by atoms with Crippen LogP contribution in [0.15, 0.2) is 72.9 Å². The Hall–Kier alpha value is -4.75. The molecule has 2 aliphatic heterocycles. The van der Waals surface area contributed by atoms with E-state index in [9.17, 15) is 15.3 Å². The zero-order valence-electron chi connectivity index (χ0n) is 20.7. The summed E-state index contributed by atoms with van der Waals surface area (Å²) >= 11 is 0. The second-order valence-corrected chi connectivity index (χ2v) is 9.02. The topological polar surface area (TPSA) is 95.6 Å². The summed E-state index contributed by atoms with van der Waals surface area (Å²) < 4.78 is 16.1. The van der Waals surface area contributed by atoms with E-state index >= 15 is 0 Å². The van der Waals surface area contributed by atoms with Gasteiger partial charge in [-0.2, -0.15) is 10.5 Å². The number of fused-ring (bicyclic) bond motifs is 3. The van der Waals surface area contributed by atoms with Gasteiger partial charge in [0.1, 0.15) is 11.8 Å². The number of hydrogen-bond acceptors (Lipinski definition) is 7. The SMILES string of the molecule is COc1ccc(C2C(C(=O)c3ccc(OC)c(OC)c3)N3C=Cc4ccccc4C3C2(C#N)C#N)cc1. The molecule has 0 spiro atoms. The highest BCUT2D eigenvalue weighted by Crippen LogP contribution is 2.60. The molecule has 7 nitrogen and oxygen atoms in total. The minimum atomic E-state index is -1.54. The average molecular weight is 492 g/mol. The Bertz CT molecular complexity index is 1450. The first kappa shape index (κ1) is 24.0. The van der Waals surface area contributed by atoms with Gasteiger partial charge in [-0.3, -0.25) is 4.79 Å². The Balaban J connectivity index is 1.73. The minimum Gasteiger partial charge on any atom is -0.497 e. The molecule has 1 fully saturated rings. The van der Waals surface area contributed by atoms with Gasteiger partial charge in [0.05, 0.1) is 39.5 Å². The predicted octanol–water partition coefficient (Wildman–Crippen LogP) is 5.12. The molecule has 2 heterocycles. The van der Waals surface area contributed by atoms with Crippen molar-refractivity contribution in [3.8, 4) is 29.4 Å². The van der Waals surface area contributed by atoms with Crippen molar-refractivity contribution in [3.05, 3.63) is 95.2 Å². The van der Waals surface area contributed by atoms with Gasteiger partial charge in [-0.25, -0.2) is 0 Å². The van der Waals surface area contributed by atoms with Crippen molar-refractivity contribution in [1.82, 2.24) is 4.90 Å². The third-order valence-electron chi connectivity index (χ3n) is 7.36. The molecular formula is C30H25N3O4. The van der Waals surface area contributed by atoms with Gasteiger partial charge in [-0.05, 0) is 53.1 Å². The largest absolute Gasteiger partial charge is 0.497 e. The van der Waals surface area contributed by atoms with Crippen LogP contribution in [0.2, 0.25) is 0 Å². The fourth-order valence-corrected chi connectivity index (χ4v) is 5.64. The van der Waals surface area contributed by atoms with Crippen molar-refractivity contribution in [2.75, 3.05) is 21.3 Å². The smallest absolute Gasteiger partial charge is 0.186 e. The molecule has 0 amide bonds. The van der Waals surface area contributed by atoms with E-state index < -0.39 is 23.4 Å². The number of carbonyl (C=O) groups excluding carboxylic acids is 1. The van der Waals surface area contributed by atoms with Gasteiger partial charge < -0.3 is 19.1 Å². The van der Waals surface area contributed by atoms with Gasteiger partial charge in [0.15, 0.2) is 22.7 Å². The minimum absolute atomic E-state index is 0.219. The van der Waals surface area contributed by atoms with Gasteiger partial charge in [0.2, 0.25) is 0 Å². The van der Waals surface area contributed by atoms with Crippen LogP contribution in [0.3, 0.4) is 0 Å². The maximum absolute atomic E-state index is 14.3. The first-order chi connectivity index (χ1) is 18.0. The molecule has 0 saturated carbocycles. The van der Waals surface area contributed by atoms with Crippen LogP contribution in [0.4, 0.5) is 0 Å². The molecule has 0 radical (unpaired) electrons. The van der Waals surface area contributed by atoms with Crippen LogP contribution in [0, 0.1) is 28.1 Å². The van der Waals surface area contributed by atoms with Crippen molar-refractivity contribution < 1.29 is 19.0 Å². The Labute approximate surface area is 215 Å². The van der Waals surface area contributed by atoms with E-state index in [0.29, 0.717) is 28.4 Å². The number of rotatable bonds is 6. The first-order valence-electron chi connectivity index (χ1n) is 11.8. The number of nitrogens with zero attached hydrogens (tertiary/aromatic N) is 3. The fourth-order valence-electron chi connectivity index (χ4n) is 5.64. The van der Waals surface area contributed by atoms with Crippen molar-refractivity contribution in [1.29, 1.82) is 10.5 Å². The van der Waals surface area contributed by atoms with Crippen LogP contribution in [-0.4, -0.2) is 38.1 Å². The zero-order valence-corrected chi connectivity index (χ0v) is 20.7. The van der Waals surface area contributed by atoms with Crippen molar-refractivity contribution in [3.63, 3.8) is 0 Å². The monoisotopic (exact) mass is 491 g/mol. The summed E-state index contributed by atoms with van der Waals surface area (Å²) in [6.07, 6.45) is 3.76. The van der Waals surface area contributed by atoms with Crippen molar-refractivity contribution in [2.45, 2.75) is 18.0 Å². The van der Waals surface area contributed by atoms with Crippen LogP contribution >= 0.6 is 0 Å². The van der Waals surface area contributed by atoms with E-state index in [1.807, 2.05) is 53.6 Å². The van der Waals surface area contributed by atoms with Crippen LogP contribution in [0.1, 0.15) is 39.0 Å². The van der Waals surface area contributed by atoms with Crippen LogP contribution in [0.5, 0.6) is 17.2 Å². The molecule has 0 N–H and O–H groups in total. The van der Waals surface area contributed by atoms with Crippen molar-refractivity contribution >= 4 is 11.9 Å². The lowest BCUT2D eigenvalue weighted by atomic mass is 9.67. The third kappa shape index (κ3) is 3.59. The molecule has 2 aliphatic rings. The molecule has 3 atom stereocenters. The van der Waals surface area contributed by atoms with Gasteiger partial charge in [0, 0.05) is 17.7 Å². The maximum Gasteiger partial charge on any atom is 0.186 e. The summed E-state index contributed by atoms with van der Waals surface area (Å²) in [5, 5.41) is 21.3. The van der Waals surface area contributed by atoms with Gasteiger partial charge >= 0.3 is 0 Å². The molecule has 1 saturated heterocycles.